The smallest absolute Gasteiger partial charge is 0.195 e. The highest BCUT2D eigenvalue weighted by Gasteiger charge is 1.97. The van der Waals surface area contributed by atoms with Crippen LogP contribution in [0.4, 0.5) is 0 Å². The van der Waals surface area contributed by atoms with E-state index >= 15 is 0 Å². The Labute approximate surface area is 188 Å². The Hall–Kier alpha value is -1.66. The number of benzene rings is 1. The second-order valence-electron chi connectivity index (χ2n) is 6.73. The van der Waals surface area contributed by atoms with E-state index in [0.29, 0.717) is 18.5 Å². The Morgan fingerprint density at radius 2 is 1.34 bits per heavy atom. The average molecular weight is 448 g/mol. The van der Waals surface area contributed by atoms with Gasteiger partial charge in [-0.2, -0.15) is 0 Å². The minimum absolute atomic E-state index is 0. The summed E-state index contributed by atoms with van der Waals surface area (Å²) in [5.74, 6) is 1.49. The predicted molar refractivity (Wildman–Crippen MR) is 130 cm³/mol. The van der Waals surface area contributed by atoms with Gasteiger partial charge in [-0.15, -0.1) is 24.8 Å². The number of halogens is 2. The van der Waals surface area contributed by atoms with E-state index in [2.05, 4.69) is 22.2 Å². The number of ether oxygens (including phenoxy) is 1. The lowest BCUT2D eigenvalue weighted by Crippen LogP contribution is -2.41. The van der Waals surface area contributed by atoms with Crippen molar-refractivity contribution in [3.63, 3.8) is 0 Å². The van der Waals surface area contributed by atoms with Crippen LogP contribution in [0.15, 0.2) is 34.3 Å². The summed E-state index contributed by atoms with van der Waals surface area (Å²) in [5.41, 5.74) is 12.9. The zero-order valence-electron chi connectivity index (χ0n) is 17.9. The Morgan fingerprint density at radius 1 is 0.828 bits per heavy atom. The van der Waals surface area contributed by atoms with Gasteiger partial charge in [0.05, 0.1) is 7.11 Å². The van der Waals surface area contributed by atoms with Crippen LogP contribution in [-0.4, -0.2) is 32.1 Å². The zero-order valence-corrected chi connectivity index (χ0v) is 19.5. The lowest BCUT2D eigenvalue weighted by atomic mass is 10.1. The van der Waals surface area contributed by atoms with Crippen LogP contribution in [0.2, 0.25) is 0 Å². The Kier molecular flexibility index (Phi) is 20.0. The molecule has 0 saturated heterocycles. The standard InChI is InChI=1S/C21H37N5O.2ClH/c1-3-4-5-6-7-8-9-10-16-24-20(22)26-21(23)25-17-15-18-11-13-19(27-2)14-12-18;;/h11-14H,3-10,15-17H2,1-2H3,(H5,22,23,24,25,26);2*1H. The number of nitrogens with one attached hydrogen (secondary N) is 1. The average Bonchev–Trinajstić information content (AvgIpc) is 2.67. The van der Waals surface area contributed by atoms with E-state index in [4.69, 9.17) is 16.2 Å². The van der Waals surface area contributed by atoms with Gasteiger partial charge in [-0.3, -0.25) is 15.3 Å². The minimum atomic E-state index is 0. The van der Waals surface area contributed by atoms with E-state index < -0.39 is 0 Å². The summed E-state index contributed by atoms with van der Waals surface area (Å²) in [6.07, 6.45) is 11.0. The summed E-state index contributed by atoms with van der Waals surface area (Å²) in [6, 6.07) is 7.93. The van der Waals surface area contributed by atoms with Gasteiger partial charge in [0, 0.05) is 13.1 Å². The fourth-order valence-electron chi connectivity index (χ4n) is 2.75. The van der Waals surface area contributed by atoms with Crippen LogP contribution < -0.4 is 21.5 Å². The number of aliphatic imine (C=N–C) groups is 2. The Bertz CT molecular complexity index is 565. The van der Waals surface area contributed by atoms with Crippen molar-refractivity contribution in [2.24, 2.45) is 21.5 Å². The molecule has 1 aromatic rings. The molecule has 0 spiro atoms. The SMILES string of the molecule is CCCCCCCCCCN=C(N)NC(N)=NCCc1ccc(OC)cc1.Cl.Cl. The molecule has 0 bridgehead atoms. The van der Waals surface area contributed by atoms with E-state index in [1.165, 1.54) is 50.5 Å². The number of methoxy groups -OCH3 is 1. The largest absolute Gasteiger partial charge is 0.497 e. The zero-order chi connectivity index (χ0) is 19.7. The maximum atomic E-state index is 5.85. The first kappa shape index (κ1) is 29.5. The topological polar surface area (TPSA) is 98.0 Å². The molecule has 6 nitrogen and oxygen atoms in total. The normalized spacial score (nSPS) is 11.4. The number of hydrogen-bond acceptors (Lipinski definition) is 3. The van der Waals surface area contributed by atoms with E-state index in [9.17, 15) is 0 Å². The third kappa shape index (κ3) is 15.9. The molecule has 8 heteroatoms. The van der Waals surface area contributed by atoms with Gasteiger partial charge in [0.15, 0.2) is 11.9 Å². The summed E-state index contributed by atoms with van der Waals surface area (Å²) < 4.78 is 5.14. The number of nitrogens with two attached hydrogens (primary N) is 2. The van der Waals surface area contributed by atoms with Crippen molar-refractivity contribution < 1.29 is 4.74 Å². The Morgan fingerprint density at radius 3 is 1.90 bits per heavy atom. The molecule has 1 rings (SSSR count). The lowest BCUT2D eigenvalue weighted by molar-refractivity contribution is 0.414. The van der Waals surface area contributed by atoms with Crippen molar-refractivity contribution in [1.29, 1.82) is 0 Å². The predicted octanol–water partition coefficient (Wildman–Crippen LogP) is 4.44. The summed E-state index contributed by atoms with van der Waals surface area (Å²) in [5, 5.41) is 2.85. The van der Waals surface area contributed by atoms with Crippen LogP contribution in [0, 0.1) is 0 Å². The fraction of sp³-hybridized carbons (Fsp3) is 0.619. The quantitative estimate of drug-likeness (QED) is 0.236. The number of hydrogen-bond donors (Lipinski definition) is 3. The lowest BCUT2D eigenvalue weighted by Gasteiger charge is -2.06. The molecular weight excluding hydrogens is 409 g/mol. The maximum Gasteiger partial charge on any atom is 0.195 e. The van der Waals surface area contributed by atoms with Crippen molar-refractivity contribution in [3.8, 4) is 5.75 Å². The van der Waals surface area contributed by atoms with Gasteiger partial charge in [0.1, 0.15) is 5.75 Å². The van der Waals surface area contributed by atoms with Crippen LogP contribution in [0.1, 0.15) is 63.9 Å². The molecule has 0 amide bonds. The fourth-order valence-corrected chi connectivity index (χ4v) is 2.75. The summed E-state index contributed by atoms with van der Waals surface area (Å²) in [6.45, 7) is 3.57. The van der Waals surface area contributed by atoms with E-state index in [0.717, 1.165) is 25.1 Å². The molecule has 0 unspecified atom stereocenters. The highest BCUT2D eigenvalue weighted by atomic mass is 35.5. The van der Waals surface area contributed by atoms with Gasteiger partial charge in [-0.25, -0.2) is 0 Å². The third-order valence-corrected chi connectivity index (χ3v) is 4.39. The molecule has 0 aliphatic heterocycles. The van der Waals surface area contributed by atoms with Gasteiger partial charge in [0.2, 0.25) is 0 Å². The monoisotopic (exact) mass is 447 g/mol. The number of guanidine groups is 2. The van der Waals surface area contributed by atoms with Crippen molar-refractivity contribution in [1.82, 2.24) is 5.32 Å². The van der Waals surface area contributed by atoms with Crippen LogP contribution in [0.5, 0.6) is 5.75 Å². The molecule has 5 N–H and O–H groups in total. The van der Waals surface area contributed by atoms with Gasteiger partial charge in [-0.05, 0) is 30.5 Å². The highest BCUT2D eigenvalue weighted by molar-refractivity contribution is 5.97. The molecule has 0 aliphatic carbocycles. The Balaban J connectivity index is 0. The summed E-state index contributed by atoms with van der Waals surface area (Å²) in [4.78, 5) is 8.59. The van der Waals surface area contributed by atoms with Gasteiger partial charge in [-0.1, -0.05) is 64.0 Å². The molecule has 1 aromatic carbocycles. The molecule has 0 fully saturated rings. The molecule has 0 aromatic heterocycles. The van der Waals surface area contributed by atoms with Crippen LogP contribution >= 0.6 is 24.8 Å². The van der Waals surface area contributed by atoms with E-state index in [-0.39, 0.29) is 24.8 Å². The van der Waals surface area contributed by atoms with Gasteiger partial charge >= 0.3 is 0 Å². The molecule has 29 heavy (non-hydrogen) atoms. The number of nitrogens with zero attached hydrogens (tertiary/aromatic N) is 2. The third-order valence-electron chi connectivity index (χ3n) is 4.39. The van der Waals surface area contributed by atoms with Gasteiger partial charge < -0.3 is 16.2 Å². The molecule has 0 atom stereocenters. The highest BCUT2D eigenvalue weighted by Crippen LogP contribution is 2.11. The molecule has 0 heterocycles. The number of rotatable bonds is 13. The van der Waals surface area contributed by atoms with Crippen LogP contribution in [-0.2, 0) is 6.42 Å². The van der Waals surface area contributed by atoms with Crippen molar-refractivity contribution in [3.05, 3.63) is 29.8 Å². The minimum Gasteiger partial charge on any atom is -0.497 e. The summed E-state index contributed by atoms with van der Waals surface area (Å²) >= 11 is 0. The van der Waals surface area contributed by atoms with Crippen LogP contribution in [0.25, 0.3) is 0 Å². The molecule has 168 valence electrons. The molecule has 0 aliphatic rings. The molecular formula is C21H39Cl2N5O. The van der Waals surface area contributed by atoms with Crippen molar-refractivity contribution in [2.75, 3.05) is 20.2 Å². The maximum absolute atomic E-state index is 5.85. The van der Waals surface area contributed by atoms with E-state index in [1.54, 1.807) is 7.11 Å². The summed E-state index contributed by atoms with van der Waals surface area (Å²) in [7, 11) is 1.66. The molecule has 0 radical (unpaired) electrons. The van der Waals surface area contributed by atoms with Crippen molar-refractivity contribution >= 4 is 36.7 Å². The first-order chi connectivity index (χ1) is 13.2. The van der Waals surface area contributed by atoms with Gasteiger partial charge in [0.25, 0.3) is 0 Å². The van der Waals surface area contributed by atoms with Crippen molar-refractivity contribution in [2.45, 2.75) is 64.7 Å². The second kappa shape index (κ2) is 19.6. The molecule has 0 saturated carbocycles. The first-order valence-electron chi connectivity index (χ1n) is 10.2. The first-order valence-corrected chi connectivity index (χ1v) is 10.2. The van der Waals surface area contributed by atoms with Crippen LogP contribution in [0.3, 0.4) is 0 Å². The van der Waals surface area contributed by atoms with E-state index in [1.807, 2.05) is 24.3 Å². The second-order valence-corrected chi connectivity index (χ2v) is 6.73. The number of unbranched alkanes of at least 4 members (excludes halogenated alkanes) is 7.